The summed E-state index contributed by atoms with van der Waals surface area (Å²) >= 11 is 0. The third kappa shape index (κ3) is 3.37. The first-order chi connectivity index (χ1) is 13.5. The molecule has 0 aliphatic carbocycles. The predicted molar refractivity (Wildman–Crippen MR) is 101 cm³/mol. The van der Waals surface area contributed by atoms with Crippen LogP contribution in [-0.2, 0) is 4.79 Å². The fraction of sp³-hybridized carbons (Fsp3) is 0.429. The highest BCUT2D eigenvalue weighted by Crippen LogP contribution is 2.45. The van der Waals surface area contributed by atoms with Gasteiger partial charge in [-0.05, 0) is 43.9 Å². The molecular weight excluding hydrogens is 359 g/mol. The maximum absolute atomic E-state index is 13.5. The summed E-state index contributed by atoms with van der Waals surface area (Å²) in [6.07, 6.45) is 8.01. The maximum Gasteiger partial charge on any atom is 0.274 e. The van der Waals surface area contributed by atoms with E-state index in [4.69, 9.17) is 0 Å². The van der Waals surface area contributed by atoms with Gasteiger partial charge in [-0.2, -0.15) is 0 Å². The van der Waals surface area contributed by atoms with Crippen molar-refractivity contribution in [1.82, 2.24) is 20.2 Å². The Kier molecular flexibility index (Phi) is 4.83. The number of fused-ring (bicyclic) bond motifs is 1. The van der Waals surface area contributed by atoms with Gasteiger partial charge in [-0.15, -0.1) is 0 Å². The molecule has 0 bridgehead atoms. The molecule has 0 saturated carbocycles. The molecule has 0 unspecified atom stereocenters. The monoisotopic (exact) mass is 382 g/mol. The minimum absolute atomic E-state index is 0.0128. The van der Waals surface area contributed by atoms with Crippen molar-refractivity contribution in [3.8, 4) is 0 Å². The van der Waals surface area contributed by atoms with E-state index in [1.165, 1.54) is 30.7 Å². The lowest BCUT2D eigenvalue weighted by Gasteiger charge is -2.38. The summed E-state index contributed by atoms with van der Waals surface area (Å²) in [7, 11) is 0. The number of carbonyl (C=O) groups is 2. The van der Waals surface area contributed by atoms with Gasteiger partial charge in [-0.25, -0.2) is 9.37 Å². The van der Waals surface area contributed by atoms with Gasteiger partial charge in [0.15, 0.2) is 0 Å². The zero-order valence-corrected chi connectivity index (χ0v) is 15.8. The number of nitrogens with one attached hydrogen (secondary N) is 1. The van der Waals surface area contributed by atoms with Crippen molar-refractivity contribution in [2.45, 2.75) is 56.7 Å². The van der Waals surface area contributed by atoms with Crippen molar-refractivity contribution >= 4 is 11.8 Å². The Morgan fingerprint density at radius 3 is 2.75 bits per heavy atom. The Morgan fingerprint density at radius 1 is 1.25 bits per heavy atom. The Bertz CT molecular complexity index is 874. The highest BCUT2D eigenvalue weighted by molar-refractivity contribution is 5.93. The van der Waals surface area contributed by atoms with E-state index in [0.29, 0.717) is 12.8 Å². The van der Waals surface area contributed by atoms with E-state index in [1.807, 2.05) is 11.8 Å². The van der Waals surface area contributed by atoms with Crippen molar-refractivity contribution < 1.29 is 14.0 Å². The van der Waals surface area contributed by atoms with Crippen molar-refractivity contribution in [1.29, 1.82) is 0 Å². The third-order valence-corrected chi connectivity index (χ3v) is 5.85. The van der Waals surface area contributed by atoms with Crippen LogP contribution in [0.1, 0.15) is 61.1 Å². The van der Waals surface area contributed by atoms with Crippen LogP contribution in [0.2, 0.25) is 0 Å². The van der Waals surface area contributed by atoms with E-state index in [9.17, 15) is 14.0 Å². The van der Waals surface area contributed by atoms with Crippen molar-refractivity contribution in [2.75, 3.05) is 0 Å². The highest BCUT2D eigenvalue weighted by atomic mass is 19.1. The van der Waals surface area contributed by atoms with Crippen LogP contribution in [0.3, 0.4) is 0 Å². The third-order valence-electron chi connectivity index (χ3n) is 5.85. The first-order valence-corrected chi connectivity index (χ1v) is 9.63. The second kappa shape index (κ2) is 7.30. The van der Waals surface area contributed by atoms with Gasteiger partial charge in [0, 0.05) is 18.8 Å². The molecule has 3 heterocycles. The Hall–Kier alpha value is -2.83. The van der Waals surface area contributed by atoms with Crippen LogP contribution in [0, 0.1) is 5.82 Å². The molecule has 2 saturated heterocycles. The van der Waals surface area contributed by atoms with Gasteiger partial charge in [-0.1, -0.05) is 18.6 Å². The van der Waals surface area contributed by atoms with Crippen LogP contribution in [0.15, 0.2) is 42.9 Å². The van der Waals surface area contributed by atoms with E-state index in [2.05, 4.69) is 15.3 Å². The lowest BCUT2D eigenvalue weighted by molar-refractivity contribution is -0.123. The average molecular weight is 382 g/mol. The minimum Gasteiger partial charge on any atom is -0.349 e. The summed E-state index contributed by atoms with van der Waals surface area (Å²) < 4.78 is 13.5. The van der Waals surface area contributed by atoms with E-state index in [-0.39, 0.29) is 35.4 Å². The molecule has 1 N–H and O–H groups in total. The smallest absolute Gasteiger partial charge is 0.274 e. The van der Waals surface area contributed by atoms with Gasteiger partial charge in [-0.3, -0.25) is 14.6 Å². The fourth-order valence-electron chi connectivity index (χ4n) is 4.54. The molecule has 2 aliphatic heterocycles. The second-order valence-corrected chi connectivity index (χ2v) is 7.80. The molecule has 2 aliphatic rings. The first-order valence-electron chi connectivity index (χ1n) is 9.63. The predicted octanol–water partition coefficient (Wildman–Crippen LogP) is 3.02. The number of rotatable bonds is 2. The molecule has 7 heteroatoms. The van der Waals surface area contributed by atoms with Gasteiger partial charge >= 0.3 is 0 Å². The molecule has 28 heavy (non-hydrogen) atoms. The SMILES string of the molecule is C[C@]12C[C@@H](c3ccc(F)cc3)N(C(=O)c3cnccn3)[C@H]1CCCCC(=O)N2. The highest BCUT2D eigenvalue weighted by Gasteiger charge is 2.52. The van der Waals surface area contributed by atoms with E-state index in [1.54, 1.807) is 12.1 Å². The van der Waals surface area contributed by atoms with E-state index < -0.39 is 5.54 Å². The summed E-state index contributed by atoms with van der Waals surface area (Å²) in [6, 6.07) is 5.79. The number of aromatic nitrogens is 2. The standard InChI is InChI=1S/C21H23FN4O2/c1-21-12-17(14-6-8-15(22)9-7-14)26(20(28)16-13-23-10-11-24-16)18(21)4-2-3-5-19(27)25-21/h6-11,13,17-18H,2-5,12H2,1H3,(H,25,27)/t17-,18-,21-/m0/s1. The van der Waals surface area contributed by atoms with Crippen molar-refractivity contribution in [3.63, 3.8) is 0 Å². The normalized spacial score (nSPS) is 27.5. The molecule has 1 aromatic heterocycles. The van der Waals surface area contributed by atoms with Gasteiger partial charge in [0.05, 0.1) is 23.8 Å². The molecule has 0 spiro atoms. The Labute approximate surface area is 163 Å². The first kappa shape index (κ1) is 18.5. The molecular formula is C21H23FN4O2. The summed E-state index contributed by atoms with van der Waals surface area (Å²) in [5, 5.41) is 3.16. The fourth-order valence-corrected chi connectivity index (χ4v) is 4.54. The van der Waals surface area contributed by atoms with Crippen LogP contribution in [0.4, 0.5) is 4.39 Å². The van der Waals surface area contributed by atoms with Crippen molar-refractivity contribution in [2.24, 2.45) is 0 Å². The van der Waals surface area contributed by atoms with Gasteiger partial charge < -0.3 is 10.2 Å². The van der Waals surface area contributed by atoms with E-state index >= 15 is 0 Å². The number of likely N-dealkylation sites (tertiary alicyclic amines) is 1. The van der Waals surface area contributed by atoms with Crippen LogP contribution in [-0.4, -0.2) is 38.3 Å². The second-order valence-electron chi connectivity index (χ2n) is 7.80. The quantitative estimate of drug-likeness (QED) is 0.866. The topological polar surface area (TPSA) is 75.2 Å². The summed E-state index contributed by atoms with van der Waals surface area (Å²) in [4.78, 5) is 35.8. The number of hydrogen-bond acceptors (Lipinski definition) is 4. The van der Waals surface area contributed by atoms with Crippen LogP contribution in [0.25, 0.3) is 0 Å². The number of carbonyl (C=O) groups excluding carboxylic acids is 2. The molecule has 4 rings (SSSR count). The van der Waals surface area contributed by atoms with Crippen molar-refractivity contribution in [3.05, 3.63) is 59.9 Å². The lowest BCUT2D eigenvalue weighted by Crippen LogP contribution is -2.56. The van der Waals surface area contributed by atoms with Crippen LogP contribution >= 0.6 is 0 Å². The average Bonchev–Trinajstić information content (AvgIpc) is 2.96. The molecule has 146 valence electrons. The lowest BCUT2D eigenvalue weighted by atomic mass is 9.85. The van der Waals surface area contributed by atoms with Gasteiger partial charge in [0.1, 0.15) is 11.5 Å². The molecule has 2 aromatic rings. The maximum atomic E-state index is 13.5. The van der Waals surface area contributed by atoms with Gasteiger partial charge in [0.25, 0.3) is 5.91 Å². The zero-order valence-electron chi connectivity index (χ0n) is 15.8. The zero-order chi connectivity index (χ0) is 19.7. The van der Waals surface area contributed by atoms with Gasteiger partial charge in [0.2, 0.25) is 5.91 Å². The molecule has 6 nitrogen and oxygen atoms in total. The molecule has 2 amide bonds. The van der Waals surface area contributed by atoms with Crippen LogP contribution < -0.4 is 5.32 Å². The molecule has 3 atom stereocenters. The Balaban J connectivity index is 1.77. The van der Waals surface area contributed by atoms with Crippen LogP contribution in [0.5, 0.6) is 0 Å². The molecule has 1 aromatic carbocycles. The number of halogens is 1. The summed E-state index contributed by atoms with van der Waals surface area (Å²) in [6.45, 7) is 2.00. The van der Waals surface area contributed by atoms with E-state index in [0.717, 1.165) is 24.8 Å². The molecule has 0 radical (unpaired) electrons. The summed E-state index contributed by atoms with van der Waals surface area (Å²) in [5.41, 5.74) is 0.571. The summed E-state index contributed by atoms with van der Waals surface area (Å²) in [5.74, 6) is -0.524. The Morgan fingerprint density at radius 2 is 2.04 bits per heavy atom. The number of hydrogen-bond donors (Lipinski definition) is 1. The minimum atomic E-state index is -0.547. The number of nitrogens with zero attached hydrogens (tertiary/aromatic N) is 3. The largest absolute Gasteiger partial charge is 0.349 e. The number of amides is 2. The molecule has 2 fully saturated rings. The number of benzene rings is 1.